The van der Waals surface area contributed by atoms with Gasteiger partial charge in [0.15, 0.2) is 0 Å². The van der Waals surface area contributed by atoms with Crippen molar-refractivity contribution in [1.82, 2.24) is 10.6 Å². The van der Waals surface area contributed by atoms with Gasteiger partial charge in [-0.3, -0.25) is 9.59 Å². The Morgan fingerprint density at radius 1 is 1.25 bits per heavy atom. The van der Waals surface area contributed by atoms with Gasteiger partial charge in [0.05, 0.1) is 0 Å². The molecule has 1 unspecified atom stereocenters. The second-order valence-electron chi connectivity index (χ2n) is 5.24. The number of carbonyl (C=O) groups excluding carboxylic acids is 2. The smallest absolute Gasteiger partial charge is 0.251 e. The summed E-state index contributed by atoms with van der Waals surface area (Å²) >= 11 is 0. The highest BCUT2D eigenvalue weighted by atomic mass is 16.2. The Morgan fingerprint density at radius 3 is 2.45 bits per heavy atom. The van der Waals surface area contributed by atoms with Gasteiger partial charge < -0.3 is 16.0 Å². The number of carbonyl (C=O) groups is 2. The minimum absolute atomic E-state index is 0.0741. The molecule has 0 spiro atoms. The van der Waals surface area contributed by atoms with E-state index < -0.39 is 0 Å². The third kappa shape index (κ3) is 4.06. The Kier molecular flexibility index (Phi) is 4.74. The van der Waals surface area contributed by atoms with Gasteiger partial charge >= 0.3 is 0 Å². The lowest BCUT2D eigenvalue weighted by Gasteiger charge is -2.11. The highest BCUT2D eigenvalue weighted by Gasteiger charge is 2.29. The molecule has 1 aromatic carbocycles. The molecule has 2 amide bonds. The molecule has 1 saturated carbocycles. The topological polar surface area (TPSA) is 70.2 Å². The van der Waals surface area contributed by atoms with Crippen molar-refractivity contribution in [3.63, 3.8) is 0 Å². The molecule has 5 heteroatoms. The summed E-state index contributed by atoms with van der Waals surface area (Å²) in [5.74, 6) is 0.151. The number of hydrogen-bond donors (Lipinski definition) is 3. The van der Waals surface area contributed by atoms with Crippen LogP contribution in [0.1, 0.15) is 30.1 Å². The van der Waals surface area contributed by atoms with Crippen molar-refractivity contribution in [2.45, 2.75) is 25.8 Å². The standard InChI is InChI=1S/C15H21N3O2/c1-10(16-2)9-17-14(19)11-5-7-13(8-6-11)18-15(20)12-3-4-12/h5-8,10,12,16H,3-4,9H2,1-2H3,(H,17,19)(H,18,20). The highest BCUT2D eigenvalue weighted by molar-refractivity contribution is 5.96. The molecule has 0 heterocycles. The van der Waals surface area contributed by atoms with E-state index in [1.165, 1.54) is 0 Å². The summed E-state index contributed by atoms with van der Waals surface area (Å²) in [5.41, 5.74) is 1.33. The van der Waals surface area contributed by atoms with E-state index in [4.69, 9.17) is 0 Å². The van der Waals surface area contributed by atoms with Gasteiger partial charge in [0, 0.05) is 29.8 Å². The second kappa shape index (κ2) is 6.52. The van der Waals surface area contributed by atoms with E-state index >= 15 is 0 Å². The molecule has 1 aromatic rings. The van der Waals surface area contributed by atoms with Crippen LogP contribution >= 0.6 is 0 Å². The average Bonchev–Trinajstić information content (AvgIpc) is 3.29. The van der Waals surface area contributed by atoms with Gasteiger partial charge in [-0.15, -0.1) is 0 Å². The third-order valence-corrected chi connectivity index (χ3v) is 3.42. The maximum absolute atomic E-state index is 11.9. The molecular formula is C15H21N3O2. The lowest BCUT2D eigenvalue weighted by molar-refractivity contribution is -0.117. The molecule has 0 aliphatic heterocycles. The molecule has 1 atom stereocenters. The molecule has 20 heavy (non-hydrogen) atoms. The summed E-state index contributed by atoms with van der Waals surface area (Å²) in [5, 5.41) is 8.75. The third-order valence-electron chi connectivity index (χ3n) is 3.42. The molecule has 1 aliphatic rings. The van der Waals surface area contributed by atoms with Crippen LogP contribution in [0.4, 0.5) is 5.69 Å². The number of amides is 2. The molecule has 0 saturated heterocycles. The first-order valence-electron chi connectivity index (χ1n) is 6.96. The Labute approximate surface area is 119 Å². The van der Waals surface area contributed by atoms with Crippen molar-refractivity contribution in [2.24, 2.45) is 5.92 Å². The Balaban J connectivity index is 1.86. The highest BCUT2D eigenvalue weighted by Crippen LogP contribution is 2.30. The van der Waals surface area contributed by atoms with Crippen molar-refractivity contribution in [2.75, 3.05) is 18.9 Å². The largest absolute Gasteiger partial charge is 0.350 e. The van der Waals surface area contributed by atoms with Crippen molar-refractivity contribution >= 4 is 17.5 Å². The molecule has 0 aromatic heterocycles. The lowest BCUT2D eigenvalue weighted by atomic mass is 10.2. The van der Waals surface area contributed by atoms with Gasteiger partial charge in [-0.1, -0.05) is 0 Å². The van der Waals surface area contributed by atoms with E-state index in [0.29, 0.717) is 12.1 Å². The van der Waals surface area contributed by atoms with Gasteiger partial charge in [-0.2, -0.15) is 0 Å². The SMILES string of the molecule is CNC(C)CNC(=O)c1ccc(NC(=O)C2CC2)cc1. The zero-order valence-electron chi connectivity index (χ0n) is 11.9. The normalized spacial score (nSPS) is 15.5. The van der Waals surface area contributed by atoms with Crippen LogP contribution in [0.3, 0.4) is 0 Å². The van der Waals surface area contributed by atoms with Crippen LogP contribution in [-0.2, 0) is 4.79 Å². The number of nitrogens with one attached hydrogen (secondary N) is 3. The molecule has 0 bridgehead atoms. The Bertz CT molecular complexity index is 480. The Hall–Kier alpha value is -1.88. The molecule has 0 radical (unpaired) electrons. The second-order valence-corrected chi connectivity index (χ2v) is 5.24. The fourth-order valence-electron chi connectivity index (χ4n) is 1.74. The first kappa shape index (κ1) is 14.5. The molecule has 2 rings (SSSR count). The zero-order valence-corrected chi connectivity index (χ0v) is 11.9. The molecular weight excluding hydrogens is 254 g/mol. The van der Waals surface area contributed by atoms with Gasteiger partial charge in [0.1, 0.15) is 0 Å². The van der Waals surface area contributed by atoms with Gasteiger partial charge in [0.25, 0.3) is 5.91 Å². The van der Waals surface area contributed by atoms with Crippen LogP contribution in [0.15, 0.2) is 24.3 Å². The molecule has 108 valence electrons. The molecule has 1 fully saturated rings. The van der Waals surface area contributed by atoms with Gasteiger partial charge in [0.2, 0.25) is 5.91 Å². The summed E-state index contributed by atoms with van der Waals surface area (Å²) in [7, 11) is 1.86. The number of likely N-dealkylation sites (N-methyl/N-ethyl adjacent to an activating group) is 1. The van der Waals surface area contributed by atoms with Gasteiger partial charge in [-0.25, -0.2) is 0 Å². The van der Waals surface area contributed by atoms with Gasteiger partial charge in [-0.05, 0) is 51.1 Å². The fraction of sp³-hybridized carbons (Fsp3) is 0.467. The van der Waals surface area contributed by atoms with Crippen LogP contribution < -0.4 is 16.0 Å². The van der Waals surface area contributed by atoms with Crippen molar-refractivity contribution in [3.05, 3.63) is 29.8 Å². The summed E-state index contributed by atoms with van der Waals surface area (Å²) in [6.07, 6.45) is 1.96. The number of hydrogen-bond acceptors (Lipinski definition) is 3. The van der Waals surface area contributed by atoms with E-state index in [2.05, 4.69) is 16.0 Å². The summed E-state index contributed by atoms with van der Waals surface area (Å²) in [4.78, 5) is 23.5. The maximum atomic E-state index is 11.9. The van der Waals surface area contributed by atoms with Crippen LogP contribution in [0.5, 0.6) is 0 Å². The van der Waals surface area contributed by atoms with Crippen LogP contribution in [0.2, 0.25) is 0 Å². The van der Waals surface area contributed by atoms with Crippen molar-refractivity contribution in [3.8, 4) is 0 Å². The van der Waals surface area contributed by atoms with Crippen LogP contribution in [0, 0.1) is 5.92 Å². The minimum Gasteiger partial charge on any atom is -0.350 e. The summed E-state index contributed by atoms with van der Waals surface area (Å²) in [6.45, 7) is 2.58. The van der Waals surface area contributed by atoms with Crippen molar-refractivity contribution in [1.29, 1.82) is 0 Å². The molecule has 1 aliphatic carbocycles. The first-order chi connectivity index (χ1) is 9.60. The predicted molar refractivity (Wildman–Crippen MR) is 78.7 cm³/mol. The quantitative estimate of drug-likeness (QED) is 0.734. The minimum atomic E-state index is -0.104. The summed E-state index contributed by atoms with van der Waals surface area (Å²) in [6, 6.07) is 7.20. The lowest BCUT2D eigenvalue weighted by Crippen LogP contribution is -2.37. The Morgan fingerprint density at radius 2 is 1.90 bits per heavy atom. The van der Waals surface area contributed by atoms with Crippen molar-refractivity contribution < 1.29 is 9.59 Å². The van der Waals surface area contributed by atoms with E-state index in [0.717, 1.165) is 18.5 Å². The number of benzene rings is 1. The zero-order chi connectivity index (χ0) is 14.5. The van der Waals surface area contributed by atoms with E-state index in [9.17, 15) is 9.59 Å². The predicted octanol–water partition coefficient (Wildman–Crippen LogP) is 1.37. The summed E-state index contributed by atoms with van der Waals surface area (Å²) < 4.78 is 0. The van der Waals surface area contributed by atoms with Crippen LogP contribution in [0.25, 0.3) is 0 Å². The fourth-order valence-corrected chi connectivity index (χ4v) is 1.74. The van der Waals surface area contributed by atoms with Crippen LogP contribution in [-0.4, -0.2) is 31.4 Å². The average molecular weight is 275 g/mol. The van der Waals surface area contributed by atoms with E-state index in [1.54, 1.807) is 24.3 Å². The maximum Gasteiger partial charge on any atom is 0.251 e. The number of rotatable bonds is 6. The molecule has 5 nitrogen and oxygen atoms in total. The monoisotopic (exact) mass is 275 g/mol. The molecule has 3 N–H and O–H groups in total. The van der Waals surface area contributed by atoms with E-state index in [-0.39, 0.29) is 23.8 Å². The number of anilines is 1. The van der Waals surface area contributed by atoms with E-state index in [1.807, 2.05) is 14.0 Å². The first-order valence-corrected chi connectivity index (χ1v) is 6.96.